The molecular weight excluding hydrogens is 353 g/mol. The van der Waals surface area contributed by atoms with Gasteiger partial charge >= 0.3 is 0 Å². The van der Waals surface area contributed by atoms with E-state index in [-0.39, 0.29) is 5.56 Å². The highest BCUT2D eigenvalue weighted by atomic mass is 127. The van der Waals surface area contributed by atoms with Gasteiger partial charge in [0.05, 0.1) is 16.4 Å². The highest BCUT2D eigenvalue weighted by Crippen LogP contribution is 2.28. The van der Waals surface area contributed by atoms with E-state index >= 15 is 0 Å². The van der Waals surface area contributed by atoms with E-state index in [0.29, 0.717) is 3.57 Å². The van der Waals surface area contributed by atoms with Crippen LogP contribution >= 0.6 is 22.6 Å². The van der Waals surface area contributed by atoms with Gasteiger partial charge in [-0.1, -0.05) is 30.3 Å². The van der Waals surface area contributed by atoms with Gasteiger partial charge in [-0.05, 0) is 22.6 Å². The van der Waals surface area contributed by atoms with Crippen LogP contribution in [0.25, 0.3) is 0 Å². The lowest BCUT2D eigenvalue weighted by atomic mass is 10.1. The van der Waals surface area contributed by atoms with Crippen LogP contribution in [0.2, 0.25) is 0 Å². The van der Waals surface area contributed by atoms with Gasteiger partial charge in [0, 0.05) is 11.8 Å². The molecule has 0 amide bonds. The van der Waals surface area contributed by atoms with Crippen molar-refractivity contribution in [3.63, 3.8) is 0 Å². The summed E-state index contributed by atoms with van der Waals surface area (Å²) >= 11 is 1.78. The molecule has 1 heterocycles. The lowest BCUT2D eigenvalue weighted by Crippen LogP contribution is -2.30. The summed E-state index contributed by atoms with van der Waals surface area (Å²) in [5.41, 5.74) is -0.572. The highest BCUT2D eigenvalue weighted by molar-refractivity contribution is 14.1. The molecule has 18 heavy (non-hydrogen) atoms. The van der Waals surface area contributed by atoms with Crippen molar-refractivity contribution < 1.29 is 8.78 Å². The molecule has 94 valence electrons. The molecule has 0 spiro atoms. The number of nitrogens with zero attached hydrogens (tertiary/aromatic N) is 2. The quantitative estimate of drug-likeness (QED) is 0.787. The largest absolute Gasteiger partial charge is 0.292 e. The van der Waals surface area contributed by atoms with Crippen molar-refractivity contribution in [1.29, 1.82) is 0 Å². The minimum absolute atomic E-state index is 0.115. The molecule has 1 aromatic carbocycles. The summed E-state index contributed by atoms with van der Waals surface area (Å²) in [5, 5.41) is 0. The van der Waals surface area contributed by atoms with E-state index in [4.69, 9.17) is 0 Å². The van der Waals surface area contributed by atoms with Crippen LogP contribution < -0.4 is 5.56 Å². The summed E-state index contributed by atoms with van der Waals surface area (Å²) < 4.78 is 29.2. The Hall–Kier alpha value is -1.31. The number of hydrogen-bond acceptors (Lipinski definition) is 2. The summed E-state index contributed by atoms with van der Waals surface area (Å²) in [4.78, 5) is 15.4. The fourth-order valence-electron chi connectivity index (χ4n) is 1.52. The van der Waals surface area contributed by atoms with Crippen molar-refractivity contribution in [1.82, 2.24) is 9.55 Å². The minimum atomic E-state index is -3.10. The van der Waals surface area contributed by atoms with Crippen LogP contribution in [0.4, 0.5) is 8.78 Å². The van der Waals surface area contributed by atoms with Crippen LogP contribution in [0, 0.1) is 3.57 Å². The molecular formula is C12H9F2IN2O. The summed E-state index contributed by atoms with van der Waals surface area (Å²) in [6.45, 7) is -0.709. The fourth-order valence-corrected chi connectivity index (χ4v) is 1.99. The molecule has 0 fully saturated rings. The van der Waals surface area contributed by atoms with Crippen LogP contribution in [-0.2, 0) is 12.5 Å². The van der Waals surface area contributed by atoms with Crippen molar-refractivity contribution in [3.8, 4) is 0 Å². The second-order valence-corrected chi connectivity index (χ2v) is 4.91. The Kier molecular flexibility index (Phi) is 3.74. The topological polar surface area (TPSA) is 34.9 Å². The first-order valence-electron chi connectivity index (χ1n) is 5.14. The van der Waals surface area contributed by atoms with Gasteiger partial charge in [0.1, 0.15) is 0 Å². The molecule has 2 aromatic rings. The van der Waals surface area contributed by atoms with E-state index in [2.05, 4.69) is 4.98 Å². The summed E-state index contributed by atoms with van der Waals surface area (Å²) in [5.74, 6) is -3.10. The van der Waals surface area contributed by atoms with Gasteiger partial charge < -0.3 is 0 Å². The maximum Gasteiger partial charge on any atom is 0.290 e. The van der Waals surface area contributed by atoms with Gasteiger partial charge in [-0.3, -0.25) is 9.36 Å². The van der Waals surface area contributed by atoms with Gasteiger partial charge in [-0.25, -0.2) is 4.98 Å². The van der Waals surface area contributed by atoms with Crippen molar-refractivity contribution in [2.24, 2.45) is 0 Å². The van der Waals surface area contributed by atoms with Gasteiger partial charge in [0.2, 0.25) is 0 Å². The molecule has 0 bridgehead atoms. The molecule has 0 unspecified atom stereocenters. The van der Waals surface area contributed by atoms with Gasteiger partial charge in [0.25, 0.3) is 11.5 Å². The Morgan fingerprint density at radius 2 is 1.94 bits per heavy atom. The highest BCUT2D eigenvalue weighted by Gasteiger charge is 2.32. The second kappa shape index (κ2) is 5.13. The van der Waals surface area contributed by atoms with Crippen LogP contribution in [0.3, 0.4) is 0 Å². The molecule has 0 atom stereocenters. The lowest BCUT2D eigenvalue weighted by molar-refractivity contribution is -0.0234. The zero-order valence-electron chi connectivity index (χ0n) is 9.19. The van der Waals surface area contributed by atoms with E-state index in [1.807, 2.05) is 0 Å². The van der Waals surface area contributed by atoms with Crippen LogP contribution in [0.15, 0.2) is 47.7 Å². The average molecular weight is 362 g/mol. The van der Waals surface area contributed by atoms with Crippen molar-refractivity contribution >= 4 is 22.6 Å². The molecule has 3 nitrogen and oxygen atoms in total. The molecule has 0 saturated heterocycles. The molecule has 1 aromatic heterocycles. The van der Waals surface area contributed by atoms with Gasteiger partial charge in [0.15, 0.2) is 0 Å². The Morgan fingerprint density at radius 1 is 1.28 bits per heavy atom. The third-order valence-electron chi connectivity index (χ3n) is 2.42. The van der Waals surface area contributed by atoms with E-state index in [0.717, 1.165) is 10.9 Å². The Bertz CT molecular complexity index is 599. The first-order chi connectivity index (χ1) is 8.50. The van der Waals surface area contributed by atoms with Crippen LogP contribution in [0.1, 0.15) is 5.56 Å². The number of halogens is 3. The molecule has 0 aliphatic carbocycles. The van der Waals surface area contributed by atoms with Gasteiger partial charge in [-0.15, -0.1) is 0 Å². The lowest BCUT2D eigenvalue weighted by Gasteiger charge is -2.17. The number of rotatable bonds is 3. The molecule has 0 saturated carbocycles. The molecule has 6 heteroatoms. The molecule has 0 aliphatic heterocycles. The van der Waals surface area contributed by atoms with Gasteiger partial charge in [-0.2, -0.15) is 8.78 Å². The molecule has 0 aliphatic rings. The van der Waals surface area contributed by atoms with Crippen LogP contribution in [-0.4, -0.2) is 9.55 Å². The third-order valence-corrected chi connectivity index (χ3v) is 3.16. The number of alkyl halides is 2. The van der Waals surface area contributed by atoms with Crippen molar-refractivity contribution in [3.05, 3.63) is 62.3 Å². The Balaban J connectivity index is 2.34. The monoisotopic (exact) mass is 362 g/mol. The molecule has 0 N–H and O–H groups in total. The summed E-state index contributed by atoms with van der Waals surface area (Å²) in [6, 6.07) is 7.43. The number of benzene rings is 1. The van der Waals surface area contributed by atoms with E-state index < -0.39 is 18.0 Å². The van der Waals surface area contributed by atoms with E-state index in [9.17, 15) is 13.6 Å². The average Bonchev–Trinajstić information content (AvgIpc) is 2.36. The third kappa shape index (κ3) is 2.74. The fraction of sp³-hybridized carbons (Fsp3) is 0.167. The zero-order chi connectivity index (χ0) is 13.2. The zero-order valence-corrected chi connectivity index (χ0v) is 11.3. The van der Waals surface area contributed by atoms with E-state index in [1.165, 1.54) is 18.3 Å². The SMILES string of the molecule is O=c1c(I)cncn1CC(F)(F)c1ccccc1. The second-order valence-electron chi connectivity index (χ2n) is 3.75. The Labute approximate surface area is 116 Å². The van der Waals surface area contributed by atoms with Crippen molar-refractivity contribution in [2.45, 2.75) is 12.5 Å². The molecule has 0 radical (unpaired) electrons. The predicted octanol–water partition coefficient (Wildman–Crippen LogP) is 2.64. The smallest absolute Gasteiger partial charge is 0.290 e. The van der Waals surface area contributed by atoms with E-state index in [1.54, 1.807) is 40.8 Å². The number of hydrogen-bond donors (Lipinski definition) is 0. The maximum atomic E-state index is 14.0. The van der Waals surface area contributed by atoms with Crippen molar-refractivity contribution in [2.75, 3.05) is 0 Å². The Morgan fingerprint density at radius 3 is 2.61 bits per heavy atom. The number of aromatic nitrogens is 2. The maximum absolute atomic E-state index is 14.0. The van der Waals surface area contributed by atoms with Crippen LogP contribution in [0.5, 0.6) is 0 Å². The standard InChI is InChI=1S/C12H9F2IN2O/c13-12(14,9-4-2-1-3-5-9)7-17-8-16-6-10(15)11(17)18/h1-6,8H,7H2. The molecule has 2 rings (SSSR count). The summed E-state index contributed by atoms with van der Waals surface area (Å²) in [6.07, 6.45) is 2.47. The first kappa shape index (κ1) is 13.1. The minimum Gasteiger partial charge on any atom is -0.292 e. The summed E-state index contributed by atoms with van der Waals surface area (Å²) in [7, 11) is 0. The first-order valence-corrected chi connectivity index (χ1v) is 6.22. The predicted molar refractivity (Wildman–Crippen MR) is 71.6 cm³/mol. The normalized spacial score (nSPS) is 11.5.